The van der Waals surface area contributed by atoms with Gasteiger partial charge in [0, 0.05) is 6.20 Å². The molecule has 0 unspecified atom stereocenters. The van der Waals surface area contributed by atoms with E-state index in [1.54, 1.807) is 42.6 Å². The first kappa shape index (κ1) is 23.8. The van der Waals surface area contributed by atoms with Crippen molar-refractivity contribution in [2.45, 2.75) is 13.5 Å². The summed E-state index contributed by atoms with van der Waals surface area (Å²) in [5, 5.41) is 0. The van der Waals surface area contributed by atoms with Crippen molar-refractivity contribution in [1.29, 1.82) is 0 Å². The van der Waals surface area contributed by atoms with E-state index in [1.165, 1.54) is 22.5 Å². The van der Waals surface area contributed by atoms with Crippen molar-refractivity contribution < 1.29 is 14.3 Å². The first-order chi connectivity index (χ1) is 17.4. The van der Waals surface area contributed by atoms with Gasteiger partial charge in [-0.15, -0.1) is 0 Å². The molecule has 1 fully saturated rings. The van der Waals surface area contributed by atoms with Gasteiger partial charge in [0.25, 0.3) is 11.5 Å². The third-order valence-electron chi connectivity index (χ3n) is 5.62. The van der Waals surface area contributed by atoms with Crippen molar-refractivity contribution in [2.24, 2.45) is 0 Å². The average molecular weight is 516 g/mol. The van der Waals surface area contributed by atoms with E-state index in [1.807, 2.05) is 37.3 Å². The molecule has 0 atom stereocenters. The maximum Gasteiger partial charge on any atom is 0.269 e. The molecular weight excluding hydrogens is 494 g/mol. The summed E-state index contributed by atoms with van der Waals surface area (Å²) in [4.78, 5) is 33.2. The van der Waals surface area contributed by atoms with Crippen LogP contribution in [0.25, 0.3) is 11.7 Å². The fourth-order valence-corrected chi connectivity index (χ4v) is 4.97. The average Bonchev–Trinajstić information content (AvgIpc) is 3.15. The molecule has 3 heterocycles. The Hall–Kier alpha value is -3.95. The van der Waals surface area contributed by atoms with Crippen LogP contribution in [0.15, 0.2) is 82.6 Å². The number of rotatable bonds is 6. The maximum atomic E-state index is 13.5. The highest BCUT2D eigenvalue weighted by molar-refractivity contribution is 8.26. The van der Waals surface area contributed by atoms with Gasteiger partial charge in [0.05, 0.1) is 18.6 Å². The zero-order valence-electron chi connectivity index (χ0n) is 19.5. The lowest BCUT2D eigenvalue weighted by Gasteiger charge is -2.14. The topological polar surface area (TPSA) is 73.1 Å². The number of methoxy groups -OCH3 is 1. The smallest absolute Gasteiger partial charge is 0.269 e. The Morgan fingerprint density at radius 2 is 1.72 bits per heavy atom. The summed E-state index contributed by atoms with van der Waals surface area (Å²) < 4.78 is 13.3. The molecule has 0 radical (unpaired) electrons. The van der Waals surface area contributed by atoms with Crippen molar-refractivity contribution in [2.75, 3.05) is 7.11 Å². The Morgan fingerprint density at radius 3 is 2.47 bits per heavy atom. The van der Waals surface area contributed by atoms with Gasteiger partial charge in [-0.1, -0.05) is 72.0 Å². The van der Waals surface area contributed by atoms with E-state index in [0.717, 1.165) is 22.9 Å². The number of para-hydroxylation sites is 2. The normalized spacial score (nSPS) is 14.6. The number of thioether (sulfide) groups is 1. The van der Waals surface area contributed by atoms with E-state index in [9.17, 15) is 9.59 Å². The highest BCUT2D eigenvalue weighted by atomic mass is 32.2. The number of thiocarbonyl (C=S) groups is 1. The van der Waals surface area contributed by atoms with Gasteiger partial charge in [0.2, 0.25) is 5.88 Å². The lowest BCUT2D eigenvalue weighted by molar-refractivity contribution is -0.122. The van der Waals surface area contributed by atoms with Crippen molar-refractivity contribution in [3.8, 4) is 17.4 Å². The van der Waals surface area contributed by atoms with Gasteiger partial charge in [-0.05, 0) is 42.8 Å². The highest BCUT2D eigenvalue weighted by Crippen LogP contribution is 2.36. The maximum absolute atomic E-state index is 13.5. The molecule has 0 saturated carbocycles. The molecule has 2 aromatic carbocycles. The lowest BCUT2D eigenvalue weighted by atomic mass is 10.1. The van der Waals surface area contributed by atoms with E-state index in [-0.39, 0.29) is 22.9 Å². The molecule has 0 N–H and O–H groups in total. The molecule has 9 heteroatoms. The number of ether oxygens (including phenoxy) is 2. The van der Waals surface area contributed by atoms with Crippen LogP contribution >= 0.6 is 24.0 Å². The number of carbonyl (C=O) groups excluding carboxylic acids is 1. The molecule has 1 saturated heterocycles. The lowest BCUT2D eigenvalue weighted by Crippen LogP contribution is -2.27. The number of fused-ring (bicyclic) bond motifs is 1. The van der Waals surface area contributed by atoms with Crippen LogP contribution in [0.4, 0.5) is 0 Å². The predicted octanol–water partition coefficient (Wildman–Crippen LogP) is 5.21. The monoisotopic (exact) mass is 515 g/mol. The van der Waals surface area contributed by atoms with Crippen LogP contribution in [0.3, 0.4) is 0 Å². The Labute approximate surface area is 217 Å². The first-order valence-corrected chi connectivity index (χ1v) is 12.3. The van der Waals surface area contributed by atoms with Crippen LogP contribution < -0.4 is 15.0 Å². The second-order valence-corrected chi connectivity index (χ2v) is 9.75. The second kappa shape index (κ2) is 9.96. The van der Waals surface area contributed by atoms with Crippen LogP contribution in [0.1, 0.15) is 16.7 Å². The Balaban J connectivity index is 1.56. The summed E-state index contributed by atoms with van der Waals surface area (Å²) in [5.41, 5.74) is 2.29. The van der Waals surface area contributed by atoms with Gasteiger partial charge in [-0.25, -0.2) is 0 Å². The Bertz CT molecular complexity index is 1580. The fourth-order valence-electron chi connectivity index (χ4n) is 3.73. The number of hydrogen-bond donors (Lipinski definition) is 0. The van der Waals surface area contributed by atoms with E-state index < -0.39 is 0 Å². The molecule has 0 bridgehead atoms. The zero-order chi connectivity index (χ0) is 25.2. The minimum absolute atomic E-state index is 0.0690. The van der Waals surface area contributed by atoms with Crippen molar-refractivity contribution in [3.05, 3.63) is 105 Å². The fraction of sp³-hybridized carbons (Fsp3) is 0.111. The number of benzene rings is 2. The summed E-state index contributed by atoms with van der Waals surface area (Å²) in [6, 6.07) is 20.2. The number of carbonyl (C=O) groups is 1. The molecule has 5 rings (SSSR count). The molecule has 2 aromatic heterocycles. The van der Waals surface area contributed by atoms with E-state index in [4.69, 9.17) is 21.7 Å². The van der Waals surface area contributed by atoms with Crippen LogP contribution in [0.5, 0.6) is 17.4 Å². The second-order valence-electron chi connectivity index (χ2n) is 8.07. The number of aromatic nitrogens is 2. The Morgan fingerprint density at radius 1 is 1.00 bits per heavy atom. The summed E-state index contributed by atoms with van der Waals surface area (Å²) in [7, 11) is 1.53. The van der Waals surface area contributed by atoms with E-state index in [2.05, 4.69) is 4.98 Å². The highest BCUT2D eigenvalue weighted by Gasteiger charge is 2.33. The van der Waals surface area contributed by atoms with Gasteiger partial charge in [0.15, 0.2) is 11.5 Å². The number of aryl methyl sites for hydroxylation is 1. The van der Waals surface area contributed by atoms with Gasteiger partial charge < -0.3 is 9.47 Å². The molecule has 1 aliphatic heterocycles. The quantitative estimate of drug-likeness (QED) is 0.258. The molecule has 0 spiro atoms. The molecule has 180 valence electrons. The minimum atomic E-state index is -0.366. The summed E-state index contributed by atoms with van der Waals surface area (Å²) >= 11 is 6.65. The number of hydrogen-bond acceptors (Lipinski definition) is 7. The van der Waals surface area contributed by atoms with Crippen LogP contribution in [-0.2, 0) is 11.3 Å². The third-order valence-corrected chi connectivity index (χ3v) is 7.00. The van der Waals surface area contributed by atoms with Crippen LogP contribution in [0, 0.1) is 6.92 Å². The van der Waals surface area contributed by atoms with E-state index in [0.29, 0.717) is 32.9 Å². The van der Waals surface area contributed by atoms with Gasteiger partial charge in [-0.3, -0.25) is 18.9 Å². The van der Waals surface area contributed by atoms with E-state index >= 15 is 0 Å². The summed E-state index contributed by atoms with van der Waals surface area (Å²) in [5.74, 6) is 0.683. The zero-order valence-corrected chi connectivity index (χ0v) is 21.1. The van der Waals surface area contributed by atoms with Crippen LogP contribution in [-0.4, -0.2) is 31.6 Å². The largest absolute Gasteiger partial charge is 0.493 e. The molecule has 4 aromatic rings. The number of pyridine rings is 1. The van der Waals surface area contributed by atoms with Gasteiger partial charge in [0.1, 0.15) is 15.5 Å². The van der Waals surface area contributed by atoms with Crippen molar-refractivity contribution >= 4 is 45.9 Å². The van der Waals surface area contributed by atoms with Gasteiger partial charge in [-0.2, -0.15) is 4.98 Å². The summed E-state index contributed by atoms with van der Waals surface area (Å²) in [6.45, 7) is 2.36. The first-order valence-electron chi connectivity index (χ1n) is 11.1. The minimum Gasteiger partial charge on any atom is -0.493 e. The predicted molar refractivity (Wildman–Crippen MR) is 144 cm³/mol. The van der Waals surface area contributed by atoms with Gasteiger partial charge >= 0.3 is 0 Å². The molecule has 0 aliphatic carbocycles. The van der Waals surface area contributed by atoms with Crippen LogP contribution in [0.2, 0.25) is 0 Å². The molecule has 1 aliphatic rings. The van der Waals surface area contributed by atoms with Crippen molar-refractivity contribution in [3.63, 3.8) is 0 Å². The molecule has 1 amide bonds. The number of nitrogens with zero attached hydrogens (tertiary/aromatic N) is 3. The standard InChI is InChI=1S/C27H21N3O4S2/c1-17-10-12-18(13-11-17)16-30-26(32)22(36-27(30)35)15-19-24(34-21-8-4-3-7-20(21)33-2)28-23-9-5-6-14-29(23)25(19)31/h3-15H,16H2,1-2H3/b22-15+. The third kappa shape index (κ3) is 4.62. The number of amides is 1. The molecule has 36 heavy (non-hydrogen) atoms. The molecule has 7 nitrogen and oxygen atoms in total. The Kier molecular flexibility index (Phi) is 6.58. The summed E-state index contributed by atoms with van der Waals surface area (Å²) in [6.07, 6.45) is 3.13. The SMILES string of the molecule is COc1ccccc1Oc1nc2ccccn2c(=O)c1/C=C1/SC(=S)N(Cc2ccc(C)cc2)C1=O. The molecular formula is C27H21N3O4S2. The van der Waals surface area contributed by atoms with Crippen molar-refractivity contribution in [1.82, 2.24) is 14.3 Å².